The van der Waals surface area contributed by atoms with Crippen LogP contribution in [0.3, 0.4) is 0 Å². The summed E-state index contributed by atoms with van der Waals surface area (Å²) in [5.74, 6) is 0. The molecule has 0 aliphatic heterocycles. The predicted molar refractivity (Wildman–Crippen MR) is 196 cm³/mol. The van der Waals surface area contributed by atoms with Gasteiger partial charge in [-0.2, -0.15) is 0 Å². The molecule has 0 saturated carbocycles. The normalized spacial score (nSPS) is 11.6. The van der Waals surface area contributed by atoms with Crippen molar-refractivity contribution in [1.29, 1.82) is 0 Å². The molecule has 0 spiro atoms. The van der Waals surface area contributed by atoms with Crippen LogP contribution in [0, 0.1) is 0 Å². The van der Waals surface area contributed by atoms with Crippen molar-refractivity contribution in [2.24, 2.45) is 0 Å². The second-order valence-corrected chi connectivity index (χ2v) is 16.8. The van der Waals surface area contributed by atoms with Crippen molar-refractivity contribution in [2.45, 2.75) is 228 Å². The molecule has 3 heteroatoms. The van der Waals surface area contributed by atoms with E-state index < -0.39 is 0 Å². The van der Waals surface area contributed by atoms with Gasteiger partial charge >= 0.3 is 171 Å². The number of hydrogen-bond acceptors (Lipinski definition) is 2. The third kappa shape index (κ3) is 42.7. The standard InChI is InChI=1S/C40H82O2Te/c1-3-41-37-33-29-25-21-17-13-9-5-7-11-15-19-23-27-31-35-39-43-40-36-32-28-24-20-16-12-8-6-10-14-18-22-26-30-34-38-42-4-2/h3-40H2,1-2H3. The minimum Gasteiger partial charge on any atom is -0.382 e. The van der Waals surface area contributed by atoms with E-state index in [9.17, 15) is 0 Å². The van der Waals surface area contributed by atoms with E-state index in [0.29, 0.717) is 20.9 Å². The second kappa shape index (κ2) is 42.7. The van der Waals surface area contributed by atoms with Gasteiger partial charge in [-0.05, 0) is 26.7 Å². The van der Waals surface area contributed by atoms with Gasteiger partial charge in [-0.25, -0.2) is 0 Å². The smallest absolute Gasteiger partial charge is 0.382 e. The Labute approximate surface area is 283 Å². The monoisotopic (exact) mass is 725 g/mol. The quantitative estimate of drug-likeness (QED) is 0.0463. The van der Waals surface area contributed by atoms with Crippen molar-refractivity contribution in [2.75, 3.05) is 26.4 Å². The Morgan fingerprint density at radius 1 is 0.256 bits per heavy atom. The number of ether oxygens (including phenoxy) is 2. The van der Waals surface area contributed by atoms with E-state index in [2.05, 4.69) is 13.8 Å². The summed E-state index contributed by atoms with van der Waals surface area (Å²) in [6, 6.07) is 0. The molecule has 2 nitrogen and oxygen atoms in total. The third-order valence-corrected chi connectivity index (χ3v) is 12.4. The van der Waals surface area contributed by atoms with E-state index in [4.69, 9.17) is 9.47 Å². The average molecular weight is 723 g/mol. The second-order valence-electron chi connectivity index (χ2n) is 13.3. The van der Waals surface area contributed by atoms with E-state index >= 15 is 0 Å². The predicted octanol–water partition coefficient (Wildman–Crippen LogP) is 14.1. The first-order chi connectivity index (χ1) is 21.4. The van der Waals surface area contributed by atoms with Crippen molar-refractivity contribution in [3.8, 4) is 0 Å². The Hall–Kier alpha value is 0.710. The summed E-state index contributed by atoms with van der Waals surface area (Å²) < 4.78 is 14.1. The fourth-order valence-corrected chi connectivity index (χ4v) is 9.07. The first-order valence-corrected chi connectivity index (χ1v) is 23.4. The van der Waals surface area contributed by atoms with Crippen LogP contribution < -0.4 is 0 Å². The van der Waals surface area contributed by atoms with Gasteiger partial charge in [0, 0.05) is 26.4 Å². The van der Waals surface area contributed by atoms with Crippen LogP contribution in [0.4, 0.5) is 0 Å². The van der Waals surface area contributed by atoms with Gasteiger partial charge in [0.2, 0.25) is 0 Å². The Bertz CT molecular complexity index is 418. The first kappa shape index (κ1) is 43.7. The van der Waals surface area contributed by atoms with Gasteiger partial charge in [-0.15, -0.1) is 0 Å². The molecule has 0 aliphatic rings. The van der Waals surface area contributed by atoms with Gasteiger partial charge < -0.3 is 9.47 Å². The van der Waals surface area contributed by atoms with Crippen LogP contribution in [-0.2, 0) is 9.47 Å². The molecule has 0 N–H and O–H groups in total. The molecule has 0 aromatic carbocycles. The van der Waals surface area contributed by atoms with Gasteiger partial charge in [-0.3, -0.25) is 0 Å². The van der Waals surface area contributed by atoms with Crippen molar-refractivity contribution in [3.63, 3.8) is 0 Å². The van der Waals surface area contributed by atoms with Crippen LogP contribution in [-0.4, -0.2) is 47.4 Å². The molecule has 0 amide bonds. The zero-order valence-electron chi connectivity index (χ0n) is 30.1. The fraction of sp³-hybridized carbons (Fsp3) is 1.00. The molecular weight excluding hydrogens is 640 g/mol. The molecule has 0 unspecified atom stereocenters. The summed E-state index contributed by atoms with van der Waals surface area (Å²) in [7, 11) is 0. The molecule has 0 aromatic heterocycles. The Kier molecular flexibility index (Phi) is 43.4. The third-order valence-electron chi connectivity index (χ3n) is 9.06. The fourth-order valence-electron chi connectivity index (χ4n) is 6.16. The van der Waals surface area contributed by atoms with Crippen LogP contribution >= 0.6 is 0 Å². The van der Waals surface area contributed by atoms with E-state index in [0.717, 1.165) is 26.4 Å². The molecule has 0 fully saturated rings. The van der Waals surface area contributed by atoms with Crippen LogP contribution in [0.5, 0.6) is 0 Å². The molecule has 0 aromatic rings. The van der Waals surface area contributed by atoms with Gasteiger partial charge in [0.1, 0.15) is 0 Å². The Balaban J connectivity index is 3.02. The van der Waals surface area contributed by atoms with Crippen LogP contribution in [0.1, 0.15) is 219 Å². The molecule has 43 heavy (non-hydrogen) atoms. The van der Waals surface area contributed by atoms with Crippen LogP contribution in [0.25, 0.3) is 0 Å². The van der Waals surface area contributed by atoms with E-state index in [1.54, 1.807) is 21.8 Å². The molecule has 0 atom stereocenters. The topological polar surface area (TPSA) is 18.5 Å². The van der Waals surface area contributed by atoms with Crippen LogP contribution in [0.2, 0.25) is 8.94 Å². The van der Waals surface area contributed by atoms with Crippen molar-refractivity contribution in [1.82, 2.24) is 0 Å². The van der Waals surface area contributed by atoms with Crippen LogP contribution in [0.15, 0.2) is 0 Å². The van der Waals surface area contributed by atoms with E-state index in [1.165, 1.54) is 193 Å². The summed E-state index contributed by atoms with van der Waals surface area (Å²) in [5, 5.41) is 0. The maximum atomic E-state index is 5.41. The van der Waals surface area contributed by atoms with Gasteiger partial charge in [0.05, 0.1) is 0 Å². The summed E-state index contributed by atoms with van der Waals surface area (Å²) in [4.78, 5) is 0. The maximum absolute atomic E-state index is 5.41. The number of hydrogen-bond donors (Lipinski definition) is 0. The molecule has 0 radical (unpaired) electrons. The first-order valence-electron chi connectivity index (χ1n) is 20.1. The molecule has 0 bridgehead atoms. The molecule has 0 heterocycles. The minimum absolute atomic E-state index is 0.343. The number of unbranched alkanes of at least 4 members (excludes halogenated alkanes) is 30. The van der Waals surface area contributed by atoms with E-state index in [-0.39, 0.29) is 0 Å². The summed E-state index contributed by atoms with van der Waals surface area (Å²) in [6.45, 7) is 7.86. The molecule has 0 saturated heterocycles. The number of rotatable bonds is 40. The van der Waals surface area contributed by atoms with Gasteiger partial charge in [-0.1, -0.05) is 51.4 Å². The SMILES string of the molecule is CCOCCCCCCCCCCCCCCCCCC[Te]CCCCCCCCCCCCCCCCCCOCC. The molecule has 260 valence electrons. The van der Waals surface area contributed by atoms with E-state index in [1.807, 2.05) is 0 Å². The minimum atomic E-state index is 0.343. The zero-order valence-corrected chi connectivity index (χ0v) is 32.4. The van der Waals surface area contributed by atoms with Crippen molar-refractivity contribution in [3.05, 3.63) is 0 Å². The van der Waals surface area contributed by atoms with Crippen molar-refractivity contribution < 1.29 is 9.47 Å². The zero-order chi connectivity index (χ0) is 31.0. The van der Waals surface area contributed by atoms with Gasteiger partial charge in [0.15, 0.2) is 0 Å². The average Bonchev–Trinajstić information content (AvgIpc) is 3.02. The van der Waals surface area contributed by atoms with Gasteiger partial charge in [0.25, 0.3) is 0 Å². The molecule has 0 rings (SSSR count). The summed E-state index contributed by atoms with van der Waals surface area (Å²) in [5.41, 5.74) is 0. The summed E-state index contributed by atoms with van der Waals surface area (Å²) in [6.07, 6.45) is 46.7. The molecular formula is C40H82O2Te. The molecule has 0 aliphatic carbocycles. The summed E-state index contributed by atoms with van der Waals surface area (Å²) >= 11 is 0.343. The Morgan fingerprint density at radius 2 is 0.442 bits per heavy atom. The van der Waals surface area contributed by atoms with Crippen molar-refractivity contribution >= 4 is 20.9 Å². The Morgan fingerprint density at radius 3 is 0.651 bits per heavy atom.